The van der Waals surface area contributed by atoms with Crippen LogP contribution in [0.5, 0.6) is 5.88 Å². The van der Waals surface area contributed by atoms with Crippen LogP contribution in [-0.2, 0) is 0 Å². The third-order valence-electron chi connectivity index (χ3n) is 2.15. The second-order valence-corrected chi connectivity index (χ2v) is 3.62. The molecule has 5 heteroatoms. The van der Waals surface area contributed by atoms with Gasteiger partial charge in [0.2, 0.25) is 5.88 Å². The Balaban J connectivity index is 2.99. The fourth-order valence-corrected chi connectivity index (χ4v) is 1.46. The summed E-state index contributed by atoms with van der Waals surface area (Å²) in [5.74, 6) is -0.216. The number of aryl methyl sites for hydroxylation is 2. The number of rotatable bonds is 5. The number of nitrogens with two attached hydrogens (primary N) is 2. The maximum atomic E-state index is 11.3. The molecular formula is C11H17N3O2. The molecule has 0 aliphatic carbocycles. The van der Waals surface area contributed by atoms with Crippen molar-refractivity contribution in [3.63, 3.8) is 0 Å². The van der Waals surface area contributed by atoms with Crippen molar-refractivity contribution in [2.45, 2.75) is 20.3 Å². The van der Waals surface area contributed by atoms with E-state index in [0.717, 1.165) is 11.3 Å². The summed E-state index contributed by atoms with van der Waals surface area (Å²) in [6, 6.07) is 1.80. The van der Waals surface area contributed by atoms with Crippen molar-refractivity contribution in [3.8, 4) is 5.88 Å². The number of amides is 1. The molecule has 0 saturated carbocycles. The van der Waals surface area contributed by atoms with Crippen LogP contribution < -0.4 is 16.2 Å². The Morgan fingerprint density at radius 3 is 2.75 bits per heavy atom. The molecular weight excluding hydrogens is 206 g/mol. The summed E-state index contributed by atoms with van der Waals surface area (Å²) in [6.07, 6.45) is 0.715. The molecule has 0 fully saturated rings. The summed E-state index contributed by atoms with van der Waals surface area (Å²) in [5, 5.41) is 0. The number of pyridine rings is 1. The van der Waals surface area contributed by atoms with Crippen LogP contribution in [0.25, 0.3) is 0 Å². The first-order valence-electron chi connectivity index (χ1n) is 5.17. The number of carbonyl (C=O) groups excluding carboxylic acids is 1. The van der Waals surface area contributed by atoms with Crippen LogP contribution in [-0.4, -0.2) is 24.0 Å². The summed E-state index contributed by atoms with van der Waals surface area (Å²) in [7, 11) is 0. The van der Waals surface area contributed by atoms with Crippen LogP contribution in [0.4, 0.5) is 0 Å². The lowest BCUT2D eigenvalue weighted by Gasteiger charge is -2.11. The number of ether oxygens (including phenoxy) is 1. The molecule has 88 valence electrons. The van der Waals surface area contributed by atoms with Crippen LogP contribution in [0.1, 0.15) is 28.0 Å². The Labute approximate surface area is 94.8 Å². The summed E-state index contributed by atoms with van der Waals surface area (Å²) in [4.78, 5) is 15.4. The lowest BCUT2D eigenvalue weighted by molar-refractivity contribution is 0.0994. The van der Waals surface area contributed by atoms with Gasteiger partial charge in [0, 0.05) is 5.69 Å². The highest BCUT2D eigenvalue weighted by atomic mass is 16.5. The molecule has 0 saturated heterocycles. The van der Waals surface area contributed by atoms with E-state index in [0.29, 0.717) is 31.0 Å². The van der Waals surface area contributed by atoms with E-state index in [2.05, 4.69) is 4.98 Å². The van der Waals surface area contributed by atoms with Gasteiger partial charge < -0.3 is 16.2 Å². The van der Waals surface area contributed by atoms with Gasteiger partial charge in [0.05, 0.1) is 6.61 Å². The zero-order valence-corrected chi connectivity index (χ0v) is 9.62. The fourth-order valence-electron chi connectivity index (χ4n) is 1.46. The topological polar surface area (TPSA) is 91.2 Å². The molecule has 1 heterocycles. The Morgan fingerprint density at radius 2 is 2.19 bits per heavy atom. The molecule has 0 bridgehead atoms. The van der Waals surface area contributed by atoms with Gasteiger partial charge in [0.25, 0.3) is 5.91 Å². The number of primary amides is 1. The molecule has 1 amide bonds. The van der Waals surface area contributed by atoms with E-state index in [4.69, 9.17) is 16.2 Å². The molecule has 0 aliphatic rings. The van der Waals surface area contributed by atoms with Crippen molar-refractivity contribution in [1.82, 2.24) is 4.98 Å². The van der Waals surface area contributed by atoms with Gasteiger partial charge in [-0.05, 0) is 38.4 Å². The number of aromatic nitrogens is 1. The van der Waals surface area contributed by atoms with E-state index in [1.165, 1.54) is 0 Å². The summed E-state index contributed by atoms with van der Waals surface area (Å²) < 4.78 is 5.41. The van der Waals surface area contributed by atoms with Crippen LogP contribution in [0.3, 0.4) is 0 Å². The van der Waals surface area contributed by atoms with Gasteiger partial charge >= 0.3 is 0 Å². The van der Waals surface area contributed by atoms with Crippen LogP contribution in [0.15, 0.2) is 6.07 Å². The average molecular weight is 223 g/mol. The first kappa shape index (κ1) is 12.4. The third-order valence-corrected chi connectivity index (χ3v) is 2.15. The fraction of sp³-hybridized carbons (Fsp3) is 0.455. The Hall–Kier alpha value is -1.62. The van der Waals surface area contributed by atoms with E-state index in [1.807, 2.05) is 13.8 Å². The van der Waals surface area contributed by atoms with Crippen molar-refractivity contribution in [3.05, 3.63) is 22.9 Å². The van der Waals surface area contributed by atoms with E-state index in [9.17, 15) is 4.79 Å². The summed E-state index contributed by atoms with van der Waals surface area (Å²) in [5.41, 5.74) is 12.6. The molecule has 0 spiro atoms. The Morgan fingerprint density at radius 1 is 1.50 bits per heavy atom. The lowest BCUT2D eigenvalue weighted by atomic mass is 10.1. The van der Waals surface area contributed by atoms with Crippen molar-refractivity contribution >= 4 is 5.91 Å². The quantitative estimate of drug-likeness (QED) is 0.712. The summed E-state index contributed by atoms with van der Waals surface area (Å²) >= 11 is 0. The highest BCUT2D eigenvalue weighted by Crippen LogP contribution is 2.20. The van der Waals surface area contributed by atoms with Crippen molar-refractivity contribution in [1.29, 1.82) is 0 Å². The molecule has 0 radical (unpaired) electrons. The predicted octanol–water partition coefficient (Wildman–Crippen LogP) is 0.525. The third kappa shape index (κ3) is 2.93. The van der Waals surface area contributed by atoms with E-state index >= 15 is 0 Å². The highest BCUT2D eigenvalue weighted by molar-refractivity contribution is 5.96. The second kappa shape index (κ2) is 5.46. The van der Waals surface area contributed by atoms with Gasteiger partial charge in [-0.1, -0.05) is 0 Å². The van der Waals surface area contributed by atoms with Gasteiger partial charge in [0.1, 0.15) is 5.56 Å². The van der Waals surface area contributed by atoms with E-state index < -0.39 is 5.91 Å². The van der Waals surface area contributed by atoms with Crippen molar-refractivity contribution in [2.75, 3.05) is 13.2 Å². The predicted molar refractivity (Wildman–Crippen MR) is 61.4 cm³/mol. The lowest BCUT2D eigenvalue weighted by Crippen LogP contribution is -2.17. The molecule has 16 heavy (non-hydrogen) atoms. The number of carbonyl (C=O) groups is 1. The Kier molecular flexibility index (Phi) is 4.25. The Bertz CT molecular complexity index is 391. The minimum Gasteiger partial charge on any atom is -0.477 e. The molecule has 0 atom stereocenters. The molecule has 1 aromatic rings. The van der Waals surface area contributed by atoms with Crippen molar-refractivity contribution < 1.29 is 9.53 Å². The van der Waals surface area contributed by atoms with Crippen LogP contribution >= 0.6 is 0 Å². The van der Waals surface area contributed by atoms with Gasteiger partial charge in [-0.15, -0.1) is 0 Å². The van der Waals surface area contributed by atoms with Gasteiger partial charge in [0.15, 0.2) is 0 Å². The smallest absolute Gasteiger partial charge is 0.254 e. The standard InChI is InChI=1S/C11H17N3O2/c1-7-6-8(2)14-11(9(7)10(13)15)16-5-3-4-12/h6H,3-5,12H2,1-2H3,(H2,13,15). The molecule has 5 nitrogen and oxygen atoms in total. The van der Waals surface area contributed by atoms with E-state index in [-0.39, 0.29) is 0 Å². The van der Waals surface area contributed by atoms with Crippen LogP contribution in [0, 0.1) is 13.8 Å². The largest absolute Gasteiger partial charge is 0.477 e. The van der Waals surface area contributed by atoms with Gasteiger partial charge in [-0.2, -0.15) is 0 Å². The first-order chi connectivity index (χ1) is 7.56. The molecule has 0 unspecified atom stereocenters. The molecule has 1 aromatic heterocycles. The molecule has 0 aliphatic heterocycles. The maximum absolute atomic E-state index is 11.3. The minimum atomic E-state index is -0.521. The number of hydrogen-bond acceptors (Lipinski definition) is 4. The summed E-state index contributed by atoms with van der Waals surface area (Å²) in [6.45, 7) is 4.63. The molecule has 0 aromatic carbocycles. The minimum absolute atomic E-state index is 0.304. The zero-order valence-electron chi connectivity index (χ0n) is 9.62. The van der Waals surface area contributed by atoms with Gasteiger partial charge in [-0.25, -0.2) is 4.98 Å². The monoisotopic (exact) mass is 223 g/mol. The first-order valence-corrected chi connectivity index (χ1v) is 5.17. The maximum Gasteiger partial charge on any atom is 0.254 e. The number of nitrogens with zero attached hydrogens (tertiary/aromatic N) is 1. The molecule has 1 rings (SSSR count). The SMILES string of the molecule is Cc1cc(C)c(C(N)=O)c(OCCCN)n1. The van der Waals surface area contributed by atoms with Crippen molar-refractivity contribution in [2.24, 2.45) is 11.5 Å². The average Bonchev–Trinajstić information content (AvgIpc) is 2.16. The normalized spacial score (nSPS) is 10.2. The van der Waals surface area contributed by atoms with Gasteiger partial charge in [-0.3, -0.25) is 4.79 Å². The highest BCUT2D eigenvalue weighted by Gasteiger charge is 2.14. The van der Waals surface area contributed by atoms with E-state index in [1.54, 1.807) is 6.07 Å². The second-order valence-electron chi connectivity index (χ2n) is 3.62. The zero-order chi connectivity index (χ0) is 12.1. The van der Waals surface area contributed by atoms with Crippen LogP contribution in [0.2, 0.25) is 0 Å². The number of hydrogen-bond donors (Lipinski definition) is 2. The molecule has 4 N–H and O–H groups in total.